The molecule has 0 bridgehead atoms. The molecule has 2 aromatic carbocycles. The van der Waals surface area contributed by atoms with Gasteiger partial charge in [0.15, 0.2) is 0 Å². The quantitative estimate of drug-likeness (QED) is 0.695. The molecule has 2 aliphatic heterocycles. The predicted octanol–water partition coefficient (Wildman–Crippen LogP) is 4.11. The van der Waals surface area contributed by atoms with Crippen LogP contribution in [0.5, 0.6) is 0 Å². The van der Waals surface area contributed by atoms with E-state index in [1.165, 1.54) is 33.5 Å². The van der Waals surface area contributed by atoms with Gasteiger partial charge in [0.25, 0.3) is 5.91 Å². The van der Waals surface area contributed by atoms with E-state index in [2.05, 4.69) is 0 Å². The van der Waals surface area contributed by atoms with Crippen molar-refractivity contribution < 1.29 is 18.0 Å². The van der Waals surface area contributed by atoms with Crippen LogP contribution in [0, 0.1) is 0 Å². The van der Waals surface area contributed by atoms with E-state index in [1.807, 2.05) is 6.07 Å². The number of urea groups is 1. The van der Waals surface area contributed by atoms with Crippen molar-refractivity contribution in [1.82, 2.24) is 9.21 Å². The highest BCUT2D eigenvalue weighted by molar-refractivity contribution is 7.89. The zero-order chi connectivity index (χ0) is 22.6. The summed E-state index contributed by atoms with van der Waals surface area (Å²) in [4.78, 5) is 29.8. The van der Waals surface area contributed by atoms with E-state index in [4.69, 9.17) is 0 Å². The van der Waals surface area contributed by atoms with Gasteiger partial charge >= 0.3 is 6.03 Å². The molecule has 8 heteroatoms. The summed E-state index contributed by atoms with van der Waals surface area (Å²) in [6, 6.07) is 14.4. The molecule has 32 heavy (non-hydrogen) atoms. The minimum Gasteiger partial charge on any atom is -0.324 e. The molecular weight excluding hydrogens is 426 g/mol. The Morgan fingerprint density at radius 1 is 0.719 bits per heavy atom. The zero-order valence-corrected chi connectivity index (χ0v) is 19.0. The molecule has 2 heterocycles. The molecule has 0 saturated carbocycles. The van der Waals surface area contributed by atoms with Crippen molar-refractivity contribution in [3.63, 3.8) is 0 Å². The molecule has 170 valence electrons. The number of nitrogens with zero attached hydrogens (tertiary/aromatic N) is 3. The highest BCUT2D eigenvalue weighted by atomic mass is 32.2. The summed E-state index contributed by atoms with van der Waals surface area (Å²) < 4.78 is 27.3. The van der Waals surface area contributed by atoms with Gasteiger partial charge < -0.3 is 4.90 Å². The largest absolute Gasteiger partial charge is 0.331 e. The van der Waals surface area contributed by atoms with Crippen LogP contribution in [0.25, 0.3) is 0 Å². The smallest absolute Gasteiger partial charge is 0.324 e. The van der Waals surface area contributed by atoms with Gasteiger partial charge in [0.05, 0.1) is 10.6 Å². The van der Waals surface area contributed by atoms with E-state index in [0.717, 1.165) is 38.5 Å². The number of hydrogen-bond donors (Lipinski definition) is 0. The Balaban J connectivity index is 1.60. The molecule has 0 N–H and O–H groups in total. The second-order valence-electron chi connectivity index (χ2n) is 8.30. The number of amides is 3. The first-order valence-electron chi connectivity index (χ1n) is 11.3. The molecule has 0 unspecified atom stereocenters. The van der Waals surface area contributed by atoms with E-state index in [0.29, 0.717) is 31.9 Å². The fourth-order valence-corrected chi connectivity index (χ4v) is 5.79. The van der Waals surface area contributed by atoms with Crippen LogP contribution >= 0.6 is 0 Å². The summed E-state index contributed by atoms with van der Waals surface area (Å²) in [7, 11) is -3.58. The second-order valence-corrected chi connectivity index (χ2v) is 10.2. The number of carbonyl (C=O) groups is 2. The molecular formula is C24H29N3O4S. The average molecular weight is 456 g/mol. The normalized spacial score (nSPS) is 17.7. The molecule has 0 aliphatic carbocycles. The highest BCUT2D eigenvalue weighted by Crippen LogP contribution is 2.24. The Morgan fingerprint density at radius 2 is 1.28 bits per heavy atom. The number of piperidine rings is 2. The van der Waals surface area contributed by atoms with Crippen molar-refractivity contribution in [2.75, 3.05) is 31.1 Å². The van der Waals surface area contributed by atoms with Gasteiger partial charge in [0.2, 0.25) is 10.0 Å². The molecule has 3 amide bonds. The lowest BCUT2D eigenvalue weighted by atomic mass is 10.1. The van der Waals surface area contributed by atoms with Gasteiger partial charge in [0.1, 0.15) is 0 Å². The first kappa shape index (κ1) is 22.5. The Labute approximate surface area is 189 Å². The van der Waals surface area contributed by atoms with Gasteiger partial charge in [-0.1, -0.05) is 24.6 Å². The number of rotatable bonds is 4. The van der Waals surface area contributed by atoms with Crippen molar-refractivity contribution in [2.45, 2.75) is 43.4 Å². The van der Waals surface area contributed by atoms with Crippen LogP contribution < -0.4 is 4.90 Å². The van der Waals surface area contributed by atoms with Gasteiger partial charge in [0, 0.05) is 31.7 Å². The van der Waals surface area contributed by atoms with Crippen LogP contribution in [0.2, 0.25) is 0 Å². The summed E-state index contributed by atoms with van der Waals surface area (Å²) in [5.41, 5.74) is 0.773. The number of imide groups is 1. The minimum absolute atomic E-state index is 0.171. The first-order valence-corrected chi connectivity index (χ1v) is 12.7. The number of para-hydroxylation sites is 1. The number of hydrogen-bond acceptors (Lipinski definition) is 4. The molecule has 2 aromatic rings. The van der Waals surface area contributed by atoms with Crippen molar-refractivity contribution in [2.24, 2.45) is 0 Å². The standard InChI is InChI=1S/C24H29N3O4S/c28-23(20-12-14-22(15-13-20)32(30,31)26-18-8-3-9-19-26)27(21-10-4-1-5-11-21)24(29)25-16-6-2-7-17-25/h1,4-5,10-15H,2-3,6-9,16-19H2. The van der Waals surface area contributed by atoms with Gasteiger partial charge in [-0.25, -0.2) is 18.1 Å². The Kier molecular flexibility index (Phi) is 6.91. The number of sulfonamides is 1. The van der Waals surface area contributed by atoms with Crippen molar-refractivity contribution >= 4 is 27.6 Å². The van der Waals surface area contributed by atoms with Gasteiger partial charge in [-0.3, -0.25) is 4.79 Å². The molecule has 0 aromatic heterocycles. The second kappa shape index (κ2) is 9.83. The monoisotopic (exact) mass is 455 g/mol. The van der Waals surface area contributed by atoms with E-state index in [-0.39, 0.29) is 16.5 Å². The number of carbonyl (C=O) groups excluding carboxylic acids is 2. The van der Waals surface area contributed by atoms with Gasteiger partial charge in [-0.2, -0.15) is 4.31 Å². The Morgan fingerprint density at radius 3 is 1.88 bits per heavy atom. The van der Waals surface area contributed by atoms with E-state index >= 15 is 0 Å². The lowest BCUT2D eigenvalue weighted by Gasteiger charge is -2.32. The fourth-order valence-electron chi connectivity index (χ4n) is 4.27. The topological polar surface area (TPSA) is 78.0 Å². The zero-order valence-electron chi connectivity index (χ0n) is 18.2. The minimum atomic E-state index is -3.58. The molecule has 2 aliphatic rings. The number of benzene rings is 2. The van der Waals surface area contributed by atoms with Crippen LogP contribution in [0.1, 0.15) is 48.9 Å². The summed E-state index contributed by atoms with van der Waals surface area (Å²) in [5, 5.41) is 0. The summed E-state index contributed by atoms with van der Waals surface area (Å²) in [5.74, 6) is -0.464. The third-order valence-electron chi connectivity index (χ3n) is 6.09. The summed E-state index contributed by atoms with van der Waals surface area (Å²) in [6.45, 7) is 2.30. The van der Waals surface area contributed by atoms with Crippen LogP contribution in [-0.4, -0.2) is 55.7 Å². The van der Waals surface area contributed by atoms with Gasteiger partial charge in [-0.15, -0.1) is 0 Å². The predicted molar refractivity (Wildman–Crippen MR) is 123 cm³/mol. The maximum atomic E-state index is 13.4. The van der Waals surface area contributed by atoms with Crippen molar-refractivity contribution in [3.05, 3.63) is 60.2 Å². The Bertz CT molecular complexity index is 1040. The number of anilines is 1. The molecule has 4 rings (SSSR count). The van der Waals surface area contributed by atoms with Crippen LogP contribution in [0.15, 0.2) is 59.5 Å². The maximum Gasteiger partial charge on any atom is 0.331 e. The first-order chi connectivity index (χ1) is 15.5. The van der Waals surface area contributed by atoms with Crippen LogP contribution in [0.4, 0.5) is 10.5 Å². The molecule has 0 atom stereocenters. The fraction of sp³-hybridized carbons (Fsp3) is 0.417. The molecule has 0 radical (unpaired) electrons. The third-order valence-corrected chi connectivity index (χ3v) is 8.00. The van der Waals surface area contributed by atoms with Crippen LogP contribution in [0.3, 0.4) is 0 Å². The third kappa shape index (κ3) is 4.71. The SMILES string of the molecule is O=C(c1ccc(S(=O)(=O)N2CCCCC2)cc1)N(C(=O)N1CCCCC1)c1ccccc1. The molecule has 7 nitrogen and oxygen atoms in total. The van der Waals surface area contributed by atoms with E-state index < -0.39 is 15.9 Å². The average Bonchev–Trinajstić information content (AvgIpc) is 2.86. The van der Waals surface area contributed by atoms with Crippen molar-refractivity contribution in [3.8, 4) is 0 Å². The summed E-state index contributed by atoms with van der Waals surface area (Å²) >= 11 is 0. The summed E-state index contributed by atoms with van der Waals surface area (Å²) in [6.07, 6.45) is 5.69. The Hall–Kier alpha value is -2.71. The van der Waals surface area contributed by atoms with E-state index in [9.17, 15) is 18.0 Å². The highest BCUT2D eigenvalue weighted by Gasteiger charge is 2.31. The van der Waals surface area contributed by atoms with E-state index in [1.54, 1.807) is 29.2 Å². The van der Waals surface area contributed by atoms with Crippen molar-refractivity contribution in [1.29, 1.82) is 0 Å². The van der Waals surface area contributed by atoms with Crippen LogP contribution in [-0.2, 0) is 10.0 Å². The molecule has 0 spiro atoms. The van der Waals surface area contributed by atoms with Gasteiger partial charge in [-0.05, 0) is 68.5 Å². The lowest BCUT2D eigenvalue weighted by molar-refractivity contribution is 0.0983. The molecule has 2 fully saturated rings. The maximum absolute atomic E-state index is 13.4. The lowest BCUT2D eigenvalue weighted by Crippen LogP contribution is -2.48. The number of likely N-dealkylation sites (tertiary alicyclic amines) is 1. The molecule has 2 saturated heterocycles.